The lowest BCUT2D eigenvalue weighted by Crippen LogP contribution is -2.30. The summed E-state index contributed by atoms with van der Waals surface area (Å²) in [6.45, 7) is 6.46. The van der Waals surface area contributed by atoms with Gasteiger partial charge in [-0.25, -0.2) is 0 Å². The fourth-order valence-corrected chi connectivity index (χ4v) is 7.68. The molecule has 0 spiro atoms. The van der Waals surface area contributed by atoms with Crippen LogP contribution in [0.2, 0.25) is 0 Å². The number of hydrogen-bond donors (Lipinski definition) is 0. The summed E-state index contributed by atoms with van der Waals surface area (Å²) in [5.74, 6) is -0.957. The third-order valence-electron chi connectivity index (χ3n) is 11.9. The minimum absolute atomic E-state index is 0.0973. The summed E-state index contributed by atoms with van der Waals surface area (Å²) in [4.78, 5) is 38.1. The molecule has 0 aromatic heterocycles. The number of allylic oxidation sites excluding steroid dienone is 14. The molecule has 6 nitrogen and oxygen atoms in total. The van der Waals surface area contributed by atoms with E-state index in [0.29, 0.717) is 19.3 Å². The maximum Gasteiger partial charge on any atom is 0.306 e. The van der Waals surface area contributed by atoms with Gasteiger partial charge in [0.25, 0.3) is 0 Å². The topological polar surface area (TPSA) is 78.9 Å². The Labute approximate surface area is 414 Å². The molecule has 67 heavy (non-hydrogen) atoms. The van der Waals surface area contributed by atoms with Gasteiger partial charge in [0, 0.05) is 19.3 Å². The molecular weight excluding hydrogens is 829 g/mol. The van der Waals surface area contributed by atoms with Gasteiger partial charge in [0.05, 0.1) is 0 Å². The standard InChI is InChI=1S/C61H104O6/c1-4-7-10-13-16-19-22-25-28-30-33-36-39-42-45-48-51-54-60(63)66-57-58(56-65-59(62)53-50-47-44-41-38-35-32-27-24-21-18-15-12-9-6-3)67-61(64)55-52-49-46-43-40-37-34-31-29-26-23-20-17-14-11-8-5-2/h9,12,17-18,20-21,26-27,29,32,34,37-38,41,58H,4-8,10-11,13-16,19,22-25,28,30-31,33,35-36,39-40,42-57H2,1-3H3/b12-9-,20-17-,21-18-,29-26-,32-27-,37-34-,41-38-/t58-/m1/s1. The molecule has 0 fully saturated rings. The van der Waals surface area contributed by atoms with E-state index in [0.717, 1.165) is 109 Å². The summed E-state index contributed by atoms with van der Waals surface area (Å²) < 4.78 is 16.8. The Morgan fingerprint density at radius 2 is 0.582 bits per heavy atom. The first-order valence-electron chi connectivity index (χ1n) is 28.1. The van der Waals surface area contributed by atoms with Crippen molar-refractivity contribution in [3.63, 3.8) is 0 Å². The molecular formula is C61H104O6. The molecule has 0 heterocycles. The average molecular weight is 933 g/mol. The first-order chi connectivity index (χ1) is 33.0. The van der Waals surface area contributed by atoms with Gasteiger partial charge >= 0.3 is 17.9 Å². The van der Waals surface area contributed by atoms with Gasteiger partial charge in [-0.3, -0.25) is 14.4 Å². The SMILES string of the molecule is CC/C=C\C/C=C\C/C=C\C/C=C\CCCCC(=O)OC[C@H](COC(=O)CCCCCCCCCCCCCCCCCCC)OC(=O)CCCCCC/C=C\C/C=C\C/C=C\CCCCC. The lowest BCUT2D eigenvalue weighted by atomic mass is 10.0. The first kappa shape index (κ1) is 63.6. The molecule has 0 N–H and O–H groups in total. The molecule has 0 bridgehead atoms. The Hall–Kier alpha value is -3.41. The summed E-state index contributed by atoms with van der Waals surface area (Å²) >= 11 is 0. The third-order valence-corrected chi connectivity index (χ3v) is 11.9. The second-order valence-corrected chi connectivity index (χ2v) is 18.5. The number of ether oxygens (including phenoxy) is 3. The predicted molar refractivity (Wildman–Crippen MR) is 288 cm³/mol. The second kappa shape index (κ2) is 55.2. The van der Waals surface area contributed by atoms with Crippen molar-refractivity contribution in [1.29, 1.82) is 0 Å². The summed E-state index contributed by atoms with van der Waals surface area (Å²) in [5, 5.41) is 0. The Morgan fingerprint density at radius 1 is 0.313 bits per heavy atom. The number of hydrogen-bond acceptors (Lipinski definition) is 6. The van der Waals surface area contributed by atoms with Crippen molar-refractivity contribution in [2.24, 2.45) is 0 Å². The third kappa shape index (κ3) is 53.4. The maximum atomic E-state index is 12.8. The van der Waals surface area contributed by atoms with Crippen LogP contribution in [0.25, 0.3) is 0 Å². The van der Waals surface area contributed by atoms with Gasteiger partial charge in [0.1, 0.15) is 13.2 Å². The Morgan fingerprint density at radius 3 is 0.970 bits per heavy atom. The molecule has 6 heteroatoms. The number of unbranched alkanes of at least 4 members (excludes halogenated alkanes) is 25. The van der Waals surface area contributed by atoms with Crippen LogP contribution in [0.3, 0.4) is 0 Å². The van der Waals surface area contributed by atoms with Crippen LogP contribution in [-0.4, -0.2) is 37.2 Å². The van der Waals surface area contributed by atoms with E-state index in [1.807, 2.05) is 0 Å². The zero-order valence-corrected chi connectivity index (χ0v) is 43.9. The van der Waals surface area contributed by atoms with E-state index < -0.39 is 6.10 Å². The van der Waals surface area contributed by atoms with Crippen LogP contribution in [0.1, 0.15) is 265 Å². The van der Waals surface area contributed by atoms with Crippen molar-refractivity contribution >= 4 is 17.9 Å². The minimum atomic E-state index is -0.804. The van der Waals surface area contributed by atoms with E-state index in [9.17, 15) is 14.4 Å². The van der Waals surface area contributed by atoms with Crippen molar-refractivity contribution in [2.45, 2.75) is 271 Å². The van der Waals surface area contributed by atoms with E-state index in [-0.39, 0.29) is 31.1 Å². The largest absolute Gasteiger partial charge is 0.462 e. The van der Waals surface area contributed by atoms with Gasteiger partial charge in [-0.15, -0.1) is 0 Å². The number of esters is 3. The van der Waals surface area contributed by atoms with Crippen molar-refractivity contribution in [3.05, 3.63) is 85.1 Å². The van der Waals surface area contributed by atoms with E-state index in [4.69, 9.17) is 14.2 Å². The molecule has 384 valence electrons. The minimum Gasteiger partial charge on any atom is -0.462 e. The molecule has 1 atom stereocenters. The molecule has 0 rings (SSSR count). The monoisotopic (exact) mass is 933 g/mol. The number of carbonyl (C=O) groups is 3. The van der Waals surface area contributed by atoms with Gasteiger partial charge in [-0.1, -0.05) is 234 Å². The van der Waals surface area contributed by atoms with Gasteiger partial charge in [-0.2, -0.15) is 0 Å². The van der Waals surface area contributed by atoms with Crippen molar-refractivity contribution < 1.29 is 28.6 Å². The molecule has 0 aromatic rings. The normalized spacial score (nSPS) is 12.7. The fourth-order valence-electron chi connectivity index (χ4n) is 7.68. The van der Waals surface area contributed by atoms with Gasteiger partial charge in [-0.05, 0) is 96.3 Å². The van der Waals surface area contributed by atoms with Crippen molar-refractivity contribution in [1.82, 2.24) is 0 Å². The van der Waals surface area contributed by atoms with Gasteiger partial charge in [0.15, 0.2) is 6.10 Å². The molecule has 0 radical (unpaired) electrons. The molecule has 0 saturated heterocycles. The van der Waals surface area contributed by atoms with Crippen LogP contribution in [0, 0.1) is 0 Å². The first-order valence-corrected chi connectivity index (χ1v) is 28.1. The van der Waals surface area contributed by atoms with Crippen LogP contribution >= 0.6 is 0 Å². The molecule has 0 saturated carbocycles. The molecule has 0 amide bonds. The molecule has 0 unspecified atom stereocenters. The van der Waals surface area contributed by atoms with E-state index in [1.54, 1.807) is 0 Å². The predicted octanol–water partition coefficient (Wildman–Crippen LogP) is 18.8. The summed E-state index contributed by atoms with van der Waals surface area (Å²) in [6.07, 6.45) is 71.4. The Balaban J connectivity index is 4.47. The number of carbonyl (C=O) groups excluding carboxylic acids is 3. The quantitative estimate of drug-likeness (QED) is 0.0262. The van der Waals surface area contributed by atoms with Crippen LogP contribution in [0.5, 0.6) is 0 Å². The highest BCUT2D eigenvalue weighted by Crippen LogP contribution is 2.15. The summed E-state index contributed by atoms with van der Waals surface area (Å²) in [6, 6.07) is 0. The zero-order valence-electron chi connectivity index (χ0n) is 43.9. The van der Waals surface area contributed by atoms with E-state index in [1.165, 1.54) is 116 Å². The van der Waals surface area contributed by atoms with Gasteiger partial charge in [0.2, 0.25) is 0 Å². The van der Waals surface area contributed by atoms with E-state index >= 15 is 0 Å². The van der Waals surface area contributed by atoms with Crippen LogP contribution in [0.15, 0.2) is 85.1 Å². The molecule has 0 aliphatic carbocycles. The highest BCUT2D eigenvalue weighted by atomic mass is 16.6. The summed E-state index contributed by atoms with van der Waals surface area (Å²) in [5.41, 5.74) is 0. The summed E-state index contributed by atoms with van der Waals surface area (Å²) in [7, 11) is 0. The average Bonchev–Trinajstić information content (AvgIpc) is 3.33. The zero-order chi connectivity index (χ0) is 48.6. The van der Waals surface area contributed by atoms with Crippen LogP contribution in [0.4, 0.5) is 0 Å². The van der Waals surface area contributed by atoms with Crippen LogP contribution < -0.4 is 0 Å². The highest BCUT2D eigenvalue weighted by molar-refractivity contribution is 5.71. The van der Waals surface area contributed by atoms with Crippen molar-refractivity contribution in [3.8, 4) is 0 Å². The smallest absolute Gasteiger partial charge is 0.306 e. The Kier molecular flexibility index (Phi) is 52.4. The van der Waals surface area contributed by atoms with Gasteiger partial charge < -0.3 is 14.2 Å². The van der Waals surface area contributed by atoms with Crippen molar-refractivity contribution in [2.75, 3.05) is 13.2 Å². The highest BCUT2D eigenvalue weighted by Gasteiger charge is 2.19. The maximum absolute atomic E-state index is 12.8. The lowest BCUT2D eigenvalue weighted by Gasteiger charge is -2.18. The molecule has 0 aliphatic rings. The fraction of sp³-hybridized carbons (Fsp3) is 0.721. The lowest BCUT2D eigenvalue weighted by molar-refractivity contribution is -0.167. The van der Waals surface area contributed by atoms with Crippen LogP contribution in [-0.2, 0) is 28.6 Å². The van der Waals surface area contributed by atoms with E-state index in [2.05, 4.69) is 106 Å². The Bertz CT molecular complexity index is 1300. The number of rotatable bonds is 50. The molecule has 0 aromatic carbocycles. The molecule has 0 aliphatic heterocycles. The second-order valence-electron chi connectivity index (χ2n) is 18.5.